The van der Waals surface area contributed by atoms with Crippen LogP contribution in [0.5, 0.6) is 0 Å². The fourth-order valence-electron chi connectivity index (χ4n) is 1.49. The molecule has 0 atom stereocenters. The molecule has 0 saturated heterocycles. The SMILES string of the molecule is Cc1c(C(F)F)nc2c(I)cc(Br)cn2c1=O. The van der Waals surface area contributed by atoms with Crippen LogP contribution in [-0.2, 0) is 0 Å². The van der Waals surface area contributed by atoms with E-state index in [0.29, 0.717) is 8.04 Å². The molecule has 2 heterocycles. The number of nitrogens with zero attached hydrogens (tertiary/aromatic N) is 2. The second-order valence-electron chi connectivity index (χ2n) is 3.43. The molecule has 0 amide bonds. The Bertz CT molecular complexity index is 657. The van der Waals surface area contributed by atoms with E-state index in [0.717, 1.165) is 0 Å². The smallest absolute Gasteiger partial charge is 0.269 e. The number of hydrogen-bond acceptors (Lipinski definition) is 2. The van der Waals surface area contributed by atoms with Crippen LogP contribution in [0.25, 0.3) is 5.65 Å². The molecule has 2 rings (SSSR count). The lowest BCUT2D eigenvalue weighted by atomic mass is 10.2. The number of rotatable bonds is 1. The Labute approximate surface area is 117 Å². The lowest BCUT2D eigenvalue weighted by molar-refractivity contribution is 0.145. The van der Waals surface area contributed by atoms with Crippen molar-refractivity contribution in [3.63, 3.8) is 0 Å². The highest BCUT2D eigenvalue weighted by molar-refractivity contribution is 14.1. The maximum Gasteiger partial charge on any atom is 0.280 e. The van der Waals surface area contributed by atoms with Crippen molar-refractivity contribution in [1.29, 1.82) is 0 Å². The van der Waals surface area contributed by atoms with Crippen LogP contribution in [0.4, 0.5) is 8.78 Å². The van der Waals surface area contributed by atoms with Gasteiger partial charge in [0.1, 0.15) is 5.69 Å². The summed E-state index contributed by atoms with van der Waals surface area (Å²) in [5, 5.41) is 0. The third-order valence-corrected chi connectivity index (χ3v) is 3.54. The molecule has 0 fully saturated rings. The van der Waals surface area contributed by atoms with Crippen LogP contribution in [0, 0.1) is 10.5 Å². The molecule has 17 heavy (non-hydrogen) atoms. The third kappa shape index (κ3) is 2.22. The van der Waals surface area contributed by atoms with Gasteiger partial charge in [-0.1, -0.05) is 0 Å². The van der Waals surface area contributed by atoms with Crippen LogP contribution >= 0.6 is 38.5 Å². The minimum absolute atomic E-state index is 0.0219. The zero-order valence-electron chi connectivity index (χ0n) is 8.55. The summed E-state index contributed by atoms with van der Waals surface area (Å²) in [6.07, 6.45) is -1.22. The van der Waals surface area contributed by atoms with Crippen LogP contribution in [0.1, 0.15) is 17.7 Å². The predicted molar refractivity (Wildman–Crippen MR) is 71.6 cm³/mol. The van der Waals surface area contributed by atoms with Gasteiger partial charge in [0.2, 0.25) is 0 Å². The van der Waals surface area contributed by atoms with Crippen LogP contribution in [0.15, 0.2) is 21.5 Å². The number of pyridine rings is 1. The lowest BCUT2D eigenvalue weighted by Crippen LogP contribution is -2.21. The normalized spacial score (nSPS) is 11.4. The van der Waals surface area contributed by atoms with Gasteiger partial charge >= 0.3 is 0 Å². The van der Waals surface area contributed by atoms with Gasteiger partial charge in [-0.05, 0) is 51.5 Å². The van der Waals surface area contributed by atoms with Crippen molar-refractivity contribution in [1.82, 2.24) is 9.38 Å². The van der Waals surface area contributed by atoms with E-state index >= 15 is 0 Å². The number of hydrogen-bond donors (Lipinski definition) is 0. The highest BCUT2D eigenvalue weighted by Gasteiger charge is 2.18. The molecule has 0 saturated carbocycles. The first-order chi connectivity index (χ1) is 7.91. The summed E-state index contributed by atoms with van der Waals surface area (Å²) in [6.45, 7) is 1.36. The highest BCUT2D eigenvalue weighted by Crippen LogP contribution is 2.22. The van der Waals surface area contributed by atoms with Crippen molar-refractivity contribution in [3.05, 3.63) is 41.9 Å². The maximum atomic E-state index is 12.7. The molecule has 0 aliphatic carbocycles. The second kappa shape index (κ2) is 4.60. The van der Waals surface area contributed by atoms with Crippen LogP contribution < -0.4 is 5.56 Å². The van der Waals surface area contributed by atoms with E-state index in [-0.39, 0.29) is 11.2 Å². The van der Waals surface area contributed by atoms with E-state index in [9.17, 15) is 13.6 Å². The van der Waals surface area contributed by atoms with Gasteiger partial charge in [0.25, 0.3) is 12.0 Å². The Balaban J connectivity index is 2.96. The summed E-state index contributed by atoms with van der Waals surface area (Å²) in [4.78, 5) is 15.8. The summed E-state index contributed by atoms with van der Waals surface area (Å²) >= 11 is 5.20. The first-order valence-corrected chi connectivity index (χ1v) is 6.45. The Morgan fingerprint density at radius 1 is 1.53 bits per heavy atom. The van der Waals surface area contributed by atoms with Gasteiger partial charge in [-0.3, -0.25) is 9.20 Å². The van der Waals surface area contributed by atoms with Crippen molar-refractivity contribution in [2.24, 2.45) is 0 Å². The van der Waals surface area contributed by atoms with Crippen molar-refractivity contribution in [2.45, 2.75) is 13.3 Å². The molecule has 0 aliphatic heterocycles. The zero-order valence-corrected chi connectivity index (χ0v) is 12.3. The molecule has 0 unspecified atom stereocenters. The van der Waals surface area contributed by atoms with Gasteiger partial charge in [-0.2, -0.15) is 0 Å². The van der Waals surface area contributed by atoms with Crippen molar-refractivity contribution in [2.75, 3.05) is 0 Å². The molecular formula is C10H6BrF2IN2O. The Morgan fingerprint density at radius 2 is 2.18 bits per heavy atom. The number of aromatic nitrogens is 2. The molecule has 0 spiro atoms. The van der Waals surface area contributed by atoms with E-state index < -0.39 is 17.7 Å². The van der Waals surface area contributed by atoms with Gasteiger partial charge in [0, 0.05) is 16.2 Å². The van der Waals surface area contributed by atoms with Gasteiger partial charge in [-0.15, -0.1) is 0 Å². The third-order valence-electron chi connectivity index (χ3n) is 2.32. The van der Waals surface area contributed by atoms with Crippen molar-refractivity contribution in [3.8, 4) is 0 Å². The summed E-state index contributed by atoms with van der Waals surface area (Å²) < 4.78 is 28.1. The van der Waals surface area contributed by atoms with Crippen molar-refractivity contribution >= 4 is 44.2 Å². The van der Waals surface area contributed by atoms with Gasteiger partial charge < -0.3 is 0 Å². The fourth-order valence-corrected chi connectivity index (χ4v) is 3.06. The molecule has 2 aromatic rings. The fraction of sp³-hybridized carbons (Fsp3) is 0.200. The number of halogens is 4. The van der Waals surface area contributed by atoms with Gasteiger partial charge in [-0.25, -0.2) is 13.8 Å². The molecule has 0 aromatic carbocycles. The molecular weight excluding hydrogens is 409 g/mol. The summed E-state index contributed by atoms with van der Waals surface area (Å²) in [5.41, 5.74) is -0.689. The molecule has 0 bridgehead atoms. The van der Waals surface area contributed by atoms with E-state index in [1.807, 2.05) is 22.6 Å². The number of fused-ring (bicyclic) bond motifs is 1. The lowest BCUT2D eigenvalue weighted by Gasteiger charge is -2.08. The van der Waals surface area contributed by atoms with Gasteiger partial charge in [0.05, 0.1) is 3.57 Å². The van der Waals surface area contributed by atoms with Crippen LogP contribution in [0.3, 0.4) is 0 Å². The zero-order chi connectivity index (χ0) is 12.7. The topological polar surface area (TPSA) is 34.4 Å². The molecule has 2 aromatic heterocycles. The van der Waals surface area contributed by atoms with E-state index in [1.54, 1.807) is 6.07 Å². The van der Waals surface area contributed by atoms with Gasteiger partial charge in [0.15, 0.2) is 5.65 Å². The monoisotopic (exact) mass is 414 g/mol. The number of alkyl halides is 2. The predicted octanol–water partition coefficient (Wildman–Crippen LogP) is 3.31. The maximum absolute atomic E-state index is 12.7. The molecule has 3 nitrogen and oxygen atoms in total. The molecule has 7 heteroatoms. The van der Waals surface area contributed by atoms with E-state index in [4.69, 9.17) is 0 Å². The standard InChI is InChI=1S/C10H6BrF2IN2O/c1-4-7(8(12)13)15-9-6(14)2-5(11)3-16(9)10(4)17/h2-3,8H,1H3. The molecule has 0 N–H and O–H groups in total. The van der Waals surface area contributed by atoms with Crippen molar-refractivity contribution < 1.29 is 8.78 Å². The minimum atomic E-state index is -2.74. The minimum Gasteiger partial charge on any atom is -0.269 e. The first-order valence-electron chi connectivity index (χ1n) is 4.58. The Kier molecular flexibility index (Phi) is 3.48. The second-order valence-corrected chi connectivity index (χ2v) is 5.51. The average Bonchev–Trinajstić information content (AvgIpc) is 2.23. The summed E-state index contributed by atoms with van der Waals surface area (Å²) in [7, 11) is 0. The molecule has 0 radical (unpaired) electrons. The van der Waals surface area contributed by atoms with E-state index in [2.05, 4.69) is 20.9 Å². The quantitative estimate of drug-likeness (QED) is 0.671. The average molecular weight is 415 g/mol. The first kappa shape index (κ1) is 12.9. The van der Waals surface area contributed by atoms with Crippen LogP contribution in [-0.4, -0.2) is 9.38 Å². The molecule has 90 valence electrons. The highest BCUT2D eigenvalue weighted by atomic mass is 127. The summed E-state index contributed by atoms with van der Waals surface area (Å²) in [5.74, 6) is 0. The summed E-state index contributed by atoms with van der Waals surface area (Å²) in [6, 6.07) is 1.72. The van der Waals surface area contributed by atoms with Crippen LogP contribution in [0.2, 0.25) is 0 Å². The Hall–Kier alpha value is -0.570. The largest absolute Gasteiger partial charge is 0.280 e. The van der Waals surface area contributed by atoms with E-state index in [1.165, 1.54) is 17.5 Å². The Morgan fingerprint density at radius 3 is 2.76 bits per heavy atom. The molecule has 0 aliphatic rings.